The van der Waals surface area contributed by atoms with Gasteiger partial charge in [-0.05, 0) is 97.0 Å². The van der Waals surface area contributed by atoms with Gasteiger partial charge in [-0.15, -0.1) is 0 Å². The zero-order valence-electron chi connectivity index (χ0n) is 25.0. The SMILES string of the molecule is CCc1cccc(C(=O)Nc2ccc(Cn3nnn(-c4ccc(C(F)(F)F)cc4)c3=O)cc2C)c1C(=O)NC(C)(C)CSC. The van der Waals surface area contributed by atoms with Crippen LogP contribution in [0.1, 0.15) is 63.7 Å². The lowest BCUT2D eigenvalue weighted by atomic mass is 9.96. The van der Waals surface area contributed by atoms with Gasteiger partial charge in [0.15, 0.2) is 0 Å². The molecule has 232 valence electrons. The van der Waals surface area contributed by atoms with Crippen LogP contribution in [-0.2, 0) is 19.1 Å². The first-order valence-corrected chi connectivity index (χ1v) is 15.2. The lowest BCUT2D eigenvalue weighted by molar-refractivity contribution is -0.137. The number of nitrogens with one attached hydrogen (secondary N) is 2. The minimum atomic E-state index is -4.49. The third-order valence-corrected chi connectivity index (χ3v) is 7.92. The van der Waals surface area contributed by atoms with E-state index in [2.05, 4.69) is 21.1 Å². The van der Waals surface area contributed by atoms with Crippen LogP contribution in [-0.4, -0.2) is 49.2 Å². The van der Waals surface area contributed by atoms with Crippen molar-refractivity contribution in [2.75, 3.05) is 17.3 Å². The average molecular weight is 627 g/mol. The lowest BCUT2D eigenvalue weighted by Crippen LogP contribution is -2.46. The summed E-state index contributed by atoms with van der Waals surface area (Å²) in [6, 6.07) is 14.5. The summed E-state index contributed by atoms with van der Waals surface area (Å²) < 4.78 is 40.7. The number of carbonyl (C=O) groups is 2. The van der Waals surface area contributed by atoms with Gasteiger partial charge in [-0.2, -0.15) is 34.3 Å². The van der Waals surface area contributed by atoms with Crippen molar-refractivity contribution in [3.63, 3.8) is 0 Å². The Labute approximate surface area is 256 Å². The largest absolute Gasteiger partial charge is 0.416 e. The van der Waals surface area contributed by atoms with E-state index in [0.29, 0.717) is 34.6 Å². The molecule has 44 heavy (non-hydrogen) atoms. The molecule has 0 aliphatic carbocycles. The quantitative estimate of drug-likeness (QED) is 0.241. The standard InChI is InChI=1S/C31H33F3N6O3S/c1-6-21-8-7-9-24(26(21)28(42)36-30(3,4)18-44-5)27(41)35-25-15-10-20(16-19(25)2)17-39-29(43)40(38-37-39)23-13-11-22(12-14-23)31(32,33)34/h7-16H,6,17-18H2,1-5H3,(H,35,41)(H,36,42). The summed E-state index contributed by atoms with van der Waals surface area (Å²) in [7, 11) is 0. The maximum atomic E-state index is 13.5. The number of nitrogens with zero attached hydrogens (tertiary/aromatic N) is 4. The highest BCUT2D eigenvalue weighted by atomic mass is 32.2. The molecule has 0 aliphatic heterocycles. The predicted molar refractivity (Wildman–Crippen MR) is 165 cm³/mol. The van der Waals surface area contributed by atoms with Crippen LogP contribution < -0.4 is 16.3 Å². The Hall–Kier alpha value is -4.39. The third-order valence-electron chi connectivity index (χ3n) is 6.91. The minimum absolute atomic E-state index is 0.0449. The normalized spacial score (nSPS) is 11.8. The highest BCUT2D eigenvalue weighted by Crippen LogP contribution is 2.29. The van der Waals surface area contributed by atoms with Crippen molar-refractivity contribution in [2.45, 2.75) is 52.4 Å². The number of halogens is 3. The summed E-state index contributed by atoms with van der Waals surface area (Å²) in [6.07, 6.45) is -1.96. The van der Waals surface area contributed by atoms with Crippen molar-refractivity contribution in [2.24, 2.45) is 0 Å². The number of aromatic nitrogens is 4. The fraction of sp³-hybridized carbons (Fsp3) is 0.323. The van der Waals surface area contributed by atoms with E-state index < -0.39 is 28.9 Å². The number of anilines is 1. The number of amides is 2. The molecule has 1 aromatic heterocycles. The van der Waals surface area contributed by atoms with Gasteiger partial charge in [0.1, 0.15) is 0 Å². The van der Waals surface area contributed by atoms with Crippen LogP contribution in [0.5, 0.6) is 0 Å². The molecule has 9 nitrogen and oxygen atoms in total. The number of hydrogen-bond acceptors (Lipinski definition) is 6. The molecule has 0 fully saturated rings. The van der Waals surface area contributed by atoms with Crippen molar-refractivity contribution in [1.82, 2.24) is 25.1 Å². The molecule has 0 saturated heterocycles. The van der Waals surface area contributed by atoms with E-state index in [1.54, 1.807) is 49.0 Å². The van der Waals surface area contributed by atoms with Crippen molar-refractivity contribution in [3.8, 4) is 5.69 Å². The molecule has 0 bridgehead atoms. The van der Waals surface area contributed by atoms with E-state index >= 15 is 0 Å². The topological polar surface area (TPSA) is 111 Å². The Morgan fingerprint density at radius 2 is 1.68 bits per heavy atom. The van der Waals surface area contributed by atoms with Gasteiger partial charge >= 0.3 is 11.9 Å². The maximum absolute atomic E-state index is 13.5. The van der Waals surface area contributed by atoms with Gasteiger partial charge in [0, 0.05) is 17.0 Å². The Morgan fingerprint density at radius 1 is 0.977 bits per heavy atom. The van der Waals surface area contributed by atoms with Crippen molar-refractivity contribution in [3.05, 3.63) is 105 Å². The van der Waals surface area contributed by atoms with Crippen molar-refractivity contribution < 1.29 is 22.8 Å². The number of tetrazole rings is 1. The lowest BCUT2D eigenvalue weighted by Gasteiger charge is -2.26. The first kappa shape index (κ1) is 32.5. The van der Waals surface area contributed by atoms with E-state index in [-0.39, 0.29) is 23.7 Å². The zero-order valence-corrected chi connectivity index (χ0v) is 25.8. The predicted octanol–water partition coefficient (Wildman–Crippen LogP) is 5.49. The smallest absolute Gasteiger partial charge is 0.346 e. The van der Waals surface area contributed by atoms with E-state index in [1.807, 2.05) is 33.1 Å². The second-order valence-electron chi connectivity index (χ2n) is 10.9. The molecule has 1 heterocycles. The average Bonchev–Trinajstić information content (AvgIpc) is 3.32. The van der Waals surface area contributed by atoms with Crippen molar-refractivity contribution in [1.29, 1.82) is 0 Å². The molecule has 0 unspecified atom stereocenters. The summed E-state index contributed by atoms with van der Waals surface area (Å²) in [5.41, 5.74) is 1.50. The number of carbonyl (C=O) groups excluding carboxylic acids is 2. The number of hydrogen-bond donors (Lipinski definition) is 2. The van der Waals surface area contributed by atoms with E-state index in [4.69, 9.17) is 0 Å². The second-order valence-corrected chi connectivity index (χ2v) is 11.8. The number of rotatable bonds is 10. The van der Waals surface area contributed by atoms with Crippen LogP contribution in [0.25, 0.3) is 5.69 Å². The van der Waals surface area contributed by atoms with Gasteiger partial charge in [-0.1, -0.05) is 31.2 Å². The van der Waals surface area contributed by atoms with E-state index in [0.717, 1.165) is 39.2 Å². The molecule has 0 spiro atoms. The van der Waals surface area contributed by atoms with Crippen LogP contribution in [0.4, 0.5) is 18.9 Å². The van der Waals surface area contributed by atoms with Crippen LogP contribution in [0, 0.1) is 6.92 Å². The Morgan fingerprint density at radius 3 is 2.30 bits per heavy atom. The first-order valence-electron chi connectivity index (χ1n) is 13.8. The molecule has 3 aromatic carbocycles. The summed E-state index contributed by atoms with van der Waals surface area (Å²) in [5, 5.41) is 13.6. The molecule has 4 aromatic rings. The molecule has 13 heteroatoms. The number of thioether (sulfide) groups is 1. The Kier molecular flexibility index (Phi) is 9.67. The monoisotopic (exact) mass is 626 g/mol. The van der Waals surface area contributed by atoms with Gasteiger partial charge < -0.3 is 10.6 Å². The maximum Gasteiger partial charge on any atom is 0.416 e. The van der Waals surface area contributed by atoms with Gasteiger partial charge in [0.2, 0.25) is 0 Å². The molecule has 2 N–H and O–H groups in total. The van der Waals surface area contributed by atoms with Gasteiger partial charge in [-0.25, -0.2) is 4.79 Å². The number of benzene rings is 3. The summed E-state index contributed by atoms with van der Waals surface area (Å²) in [4.78, 5) is 39.7. The second kappa shape index (κ2) is 13.1. The molecule has 0 saturated carbocycles. The highest BCUT2D eigenvalue weighted by molar-refractivity contribution is 7.98. The highest BCUT2D eigenvalue weighted by Gasteiger charge is 2.30. The first-order chi connectivity index (χ1) is 20.7. The van der Waals surface area contributed by atoms with Crippen molar-refractivity contribution >= 4 is 29.3 Å². The van der Waals surface area contributed by atoms with Gasteiger partial charge in [0.05, 0.1) is 28.9 Å². The molecule has 0 radical (unpaired) electrons. The molecular weight excluding hydrogens is 593 g/mol. The van der Waals surface area contributed by atoms with E-state index in [1.165, 1.54) is 0 Å². The summed E-state index contributed by atoms with van der Waals surface area (Å²) >= 11 is 1.62. The molecular formula is C31H33F3N6O3S. The number of alkyl halides is 3. The van der Waals surface area contributed by atoms with Crippen LogP contribution in [0.15, 0.2) is 65.5 Å². The summed E-state index contributed by atoms with van der Waals surface area (Å²) in [5.74, 6) is -0.0365. The number of aryl methyl sites for hydroxylation is 2. The van der Waals surface area contributed by atoms with Gasteiger partial charge in [0.25, 0.3) is 11.8 Å². The van der Waals surface area contributed by atoms with Crippen LogP contribution in [0.3, 0.4) is 0 Å². The third kappa shape index (κ3) is 7.39. The Bertz CT molecular complexity index is 1730. The molecule has 2 amide bonds. The van der Waals surface area contributed by atoms with E-state index in [9.17, 15) is 27.6 Å². The molecule has 0 atom stereocenters. The fourth-order valence-corrected chi connectivity index (χ4v) is 5.57. The van der Waals surface area contributed by atoms with Crippen LogP contribution >= 0.6 is 11.8 Å². The van der Waals surface area contributed by atoms with Crippen LogP contribution in [0.2, 0.25) is 0 Å². The Balaban J connectivity index is 1.52. The molecule has 4 rings (SSSR count). The molecule has 0 aliphatic rings. The summed E-state index contributed by atoms with van der Waals surface area (Å²) in [6.45, 7) is 7.64. The zero-order chi connectivity index (χ0) is 32.2. The minimum Gasteiger partial charge on any atom is -0.346 e. The fourth-order valence-electron chi connectivity index (χ4n) is 4.77. The van der Waals surface area contributed by atoms with Gasteiger partial charge in [-0.3, -0.25) is 9.59 Å².